The zero-order valence-electron chi connectivity index (χ0n) is 29.3. The van der Waals surface area contributed by atoms with Gasteiger partial charge in [0.05, 0.1) is 13.2 Å². The minimum Gasteiger partial charge on any atom is -0.466 e. The number of imide groups is 1. The highest BCUT2D eigenvalue weighted by atomic mass is 16.7. The van der Waals surface area contributed by atoms with E-state index >= 15 is 0 Å². The van der Waals surface area contributed by atoms with Crippen molar-refractivity contribution in [2.75, 3.05) is 13.2 Å². The summed E-state index contributed by atoms with van der Waals surface area (Å²) in [5, 5.41) is 0.529. The van der Waals surface area contributed by atoms with E-state index in [1.54, 1.807) is 0 Å². The minimum absolute atomic E-state index is 0.0126. The summed E-state index contributed by atoms with van der Waals surface area (Å²) in [6.07, 6.45) is 23.3. The summed E-state index contributed by atoms with van der Waals surface area (Å²) in [5.74, 6) is -2.80. The first-order valence-electron chi connectivity index (χ1n) is 18.4. The average molecular weight is 650 g/mol. The lowest BCUT2D eigenvalue weighted by Crippen LogP contribution is -2.46. The van der Waals surface area contributed by atoms with Gasteiger partial charge >= 0.3 is 17.9 Å². The smallest absolute Gasteiger partial charge is 0.350 e. The van der Waals surface area contributed by atoms with E-state index in [1.807, 2.05) is 19.1 Å². The molecule has 0 radical (unpaired) electrons. The van der Waals surface area contributed by atoms with E-state index in [0.717, 1.165) is 77.0 Å². The zero-order valence-corrected chi connectivity index (χ0v) is 29.3. The first kappa shape index (κ1) is 41.3. The summed E-state index contributed by atoms with van der Waals surface area (Å²) in [6.45, 7) is 6.97. The van der Waals surface area contributed by atoms with Gasteiger partial charge < -0.3 is 14.3 Å². The number of nitrogens with zero attached hydrogens (tertiary/aromatic N) is 1. The lowest BCUT2D eigenvalue weighted by molar-refractivity contribution is -0.209. The molecule has 1 aliphatic rings. The third-order valence-corrected chi connectivity index (χ3v) is 8.55. The highest BCUT2D eigenvalue weighted by Crippen LogP contribution is 2.35. The Hall–Kier alpha value is -2.71. The number of allylic oxidation sites excluding steroid dienone is 2. The standard InChI is InChI=1S/C37H63NO8/c1-4-7-10-11-12-14-17-20-23-28-37(35(42)45-31-9-6-3,36(43)46-38-32(39)26-27-33(38)40)29-24-21-18-15-13-16-19-22-25-34(41)44-30-8-5-2/h21,24H,4-20,22-23,25-31H2,1-3H3/b24-21+/t37-/m0/s1. The molecule has 0 spiro atoms. The van der Waals surface area contributed by atoms with Gasteiger partial charge in [-0.25, -0.2) is 4.79 Å². The molecule has 0 bridgehead atoms. The van der Waals surface area contributed by atoms with Crippen molar-refractivity contribution in [1.29, 1.82) is 0 Å². The number of esters is 2. The van der Waals surface area contributed by atoms with Crippen LogP contribution in [0.2, 0.25) is 0 Å². The summed E-state index contributed by atoms with van der Waals surface area (Å²) in [5.41, 5.74) is -1.62. The van der Waals surface area contributed by atoms with Gasteiger partial charge in [0.2, 0.25) is 0 Å². The van der Waals surface area contributed by atoms with Crippen molar-refractivity contribution in [2.45, 2.75) is 175 Å². The van der Waals surface area contributed by atoms with Gasteiger partial charge in [-0.2, -0.15) is 0 Å². The Morgan fingerprint density at radius 2 is 1.15 bits per heavy atom. The molecule has 1 atom stereocenters. The number of hydroxylamine groups is 2. The Morgan fingerprint density at radius 3 is 1.76 bits per heavy atom. The van der Waals surface area contributed by atoms with Crippen molar-refractivity contribution >= 4 is 29.7 Å². The molecule has 0 aromatic rings. The van der Waals surface area contributed by atoms with Gasteiger partial charge in [0.25, 0.3) is 11.8 Å². The SMILES string of the molecule is CCCCCCCCCCC[C@](C/C=C/CCCCCCCC(=O)OCCCC)(C(=O)OCCCC)C(=O)ON1C(=O)CCC1=O. The van der Waals surface area contributed by atoms with Crippen LogP contribution in [0.1, 0.15) is 175 Å². The molecule has 9 heteroatoms. The van der Waals surface area contributed by atoms with Crippen LogP contribution in [-0.4, -0.2) is 48.0 Å². The van der Waals surface area contributed by atoms with Crippen molar-refractivity contribution in [3.63, 3.8) is 0 Å². The summed E-state index contributed by atoms with van der Waals surface area (Å²) in [7, 11) is 0. The monoisotopic (exact) mass is 649 g/mol. The van der Waals surface area contributed by atoms with Crippen molar-refractivity contribution in [2.24, 2.45) is 5.41 Å². The topological polar surface area (TPSA) is 116 Å². The molecule has 2 amide bonds. The van der Waals surface area contributed by atoms with E-state index in [0.29, 0.717) is 30.9 Å². The number of carbonyl (C=O) groups excluding carboxylic acids is 5. The fourth-order valence-corrected chi connectivity index (χ4v) is 5.44. The molecule has 9 nitrogen and oxygen atoms in total. The van der Waals surface area contributed by atoms with Gasteiger partial charge in [0.1, 0.15) is 0 Å². The molecule has 0 aromatic heterocycles. The van der Waals surface area contributed by atoms with Crippen LogP contribution in [0.15, 0.2) is 12.2 Å². The number of hydrogen-bond acceptors (Lipinski definition) is 8. The van der Waals surface area contributed by atoms with Crippen molar-refractivity contribution < 1.29 is 38.3 Å². The molecule has 1 fully saturated rings. The second-order valence-corrected chi connectivity index (χ2v) is 12.7. The van der Waals surface area contributed by atoms with E-state index in [4.69, 9.17) is 14.3 Å². The molecule has 0 aliphatic carbocycles. The van der Waals surface area contributed by atoms with Crippen LogP contribution < -0.4 is 0 Å². The van der Waals surface area contributed by atoms with Gasteiger partial charge in [-0.1, -0.05) is 123 Å². The first-order valence-corrected chi connectivity index (χ1v) is 18.4. The Labute approximate surface area is 278 Å². The van der Waals surface area contributed by atoms with E-state index in [1.165, 1.54) is 32.1 Å². The van der Waals surface area contributed by atoms with Gasteiger partial charge in [-0.3, -0.25) is 19.2 Å². The molecule has 0 saturated carbocycles. The molecule has 1 saturated heterocycles. The zero-order chi connectivity index (χ0) is 33.9. The normalized spacial score (nSPS) is 14.5. The Morgan fingerprint density at radius 1 is 0.630 bits per heavy atom. The van der Waals surface area contributed by atoms with Crippen LogP contribution in [0, 0.1) is 5.41 Å². The number of amides is 2. The van der Waals surface area contributed by atoms with Crippen LogP contribution >= 0.6 is 0 Å². The predicted molar refractivity (Wildman–Crippen MR) is 179 cm³/mol. The molecule has 0 aromatic carbocycles. The molecular formula is C37H63NO8. The van der Waals surface area contributed by atoms with E-state index < -0.39 is 29.2 Å². The van der Waals surface area contributed by atoms with Gasteiger partial charge in [0.15, 0.2) is 5.41 Å². The number of ether oxygens (including phenoxy) is 2. The average Bonchev–Trinajstić information content (AvgIpc) is 3.36. The lowest BCUT2D eigenvalue weighted by Gasteiger charge is -2.29. The second-order valence-electron chi connectivity index (χ2n) is 12.7. The minimum atomic E-state index is -1.62. The third kappa shape index (κ3) is 17.3. The van der Waals surface area contributed by atoms with Gasteiger partial charge in [0, 0.05) is 19.3 Å². The summed E-state index contributed by atoms with van der Waals surface area (Å²) in [6, 6.07) is 0. The van der Waals surface area contributed by atoms with Crippen molar-refractivity contribution in [3.8, 4) is 0 Å². The fourth-order valence-electron chi connectivity index (χ4n) is 5.44. The number of carbonyl (C=O) groups is 5. The molecule has 0 unspecified atom stereocenters. The van der Waals surface area contributed by atoms with Crippen LogP contribution in [0.5, 0.6) is 0 Å². The Bertz CT molecular complexity index is 901. The first-order chi connectivity index (χ1) is 22.3. The molecule has 264 valence electrons. The molecule has 0 N–H and O–H groups in total. The summed E-state index contributed by atoms with van der Waals surface area (Å²) < 4.78 is 10.8. The molecule has 1 aliphatic heterocycles. The largest absolute Gasteiger partial charge is 0.466 e. The van der Waals surface area contributed by atoms with Crippen molar-refractivity contribution in [3.05, 3.63) is 12.2 Å². The second kappa shape index (κ2) is 26.4. The van der Waals surface area contributed by atoms with Gasteiger partial charge in [-0.05, 0) is 44.9 Å². The predicted octanol–water partition coefficient (Wildman–Crippen LogP) is 8.86. The van der Waals surface area contributed by atoms with Gasteiger partial charge in [-0.15, -0.1) is 5.06 Å². The maximum absolute atomic E-state index is 13.7. The van der Waals surface area contributed by atoms with Crippen LogP contribution in [-0.2, 0) is 38.3 Å². The van der Waals surface area contributed by atoms with Crippen LogP contribution in [0.25, 0.3) is 0 Å². The van der Waals surface area contributed by atoms with Crippen LogP contribution in [0.3, 0.4) is 0 Å². The molecule has 1 heterocycles. The fraction of sp³-hybridized carbons (Fsp3) is 0.811. The highest BCUT2D eigenvalue weighted by molar-refractivity contribution is 6.04. The molecule has 1 rings (SSSR count). The summed E-state index contributed by atoms with van der Waals surface area (Å²) >= 11 is 0. The van der Waals surface area contributed by atoms with E-state index in [9.17, 15) is 24.0 Å². The quantitative estimate of drug-likeness (QED) is 0.0259. The molecule has 46 heavy (non-hydrogen) atoms. The number of rotatable bonds is 29. The Kier molecular flexibility index (Phi) is 23.7. The van der Waals surface area contributed by atoms with E-state index in [2.05, 4.69) is 13.8 Å². The lowest BCUT2D eigenvalue weighted by atomic mass is 9.79. The number of unbranched alkanes of at least 4 members (excludes halogenated alkanes) is 15. The summed E-state index contributed by atoms with van der Waals surface area (Å²) in [4.78, 5) is 68.9. The maximum Gasteiger partial charge on any atom is 0.350 e. The number of hydrogen-bond donors (Lipinski definition) is 0. The van der Waals surface area contributed by atoms with E-state index in [-0.39, 0.29) is 38.3 Å². The van der Waals surface area contributed by atoms with Crippen LogP contribution in [0.4, 0.5) is 0 Å². The highest BCUT2D eigenvalue weighted by Gasteiger charge is 2.50. The maximum atomic E-state index is 13.7. The molecular weight excluding hydrogens is 586 g/mol. The Balaban J connectivity index is 2.77. The third-order valence-electron chi connectivity index (χ3n) is 8.55. The van der Waals surface area contributed by atoms with Crippen molar-refractivity contribution in [1.82, 2.24) is 5.06 Å².